The van der Waals surface area contributed by atoms with Gasteiger partial charge in [0.2, 0.25) is 0 Å². The molecule has 1 atom stereocenters. The number of hydrogen-bond acceptors (Lipinski definition) is 4. The molecule has 0 N–H and O–H groups in total. The van der Waals surface area contributed by atoms with Crippen LogP contribution in [0.5, 0.6) is 5.75 Å². The second-order valence-corrected chi connectivity index (χ2v) is 13.7. The zero-order chi connectivity index (χ0) is 34.2. The Hall–Kier alpha value is -3.40. The number of carbonyl (C=O) groups excluding carboxylic acids is 2. The number of unbranched alkanes of at least 4 members (excludes halogenated alkanes) is 16. The number of carbonyl (C=O) groups is 2. The van der Waals surface area contributed by atoms with Crippen LogP contribution in [0, 0.1) is 5.92 Å². The topological polar surface area (TPSA) is 52.6 Å². The van der Waals surface area contributed by atoms with E-state index in [0.29, 0.717) is 29.4 Å². The van der Waals surface area contributed by atoms with Gasteiger partial charge >= 0.3 is 11.9 Å². The molecule has 0 aliphatic rings. The molecule has 0 aromatic heterocycles. The Kier molecular flexibility index (Phi) is 19.4. The van der Waals surface area contributed by atoms with E-state index in [1.807, 2.05) is 19.1 Å². The molecular formula is C44H62O4. The van der Waals surface area contributed by atoms with Crippen molar-refractivity contribution in [2.75, 3.05) is 6.61 Å². The van der Waals surface area contributed by atoms with E-state index in [1.54, 1.807) is 36.4 Å². The average Bonchev–Trinajstić information content (AvgIpc) is 3.12. The fourth-order valence-corrected chi connectivity index (χ4v) is 5.96. The van der Waals surface area contributed by atoms with Crippen molar-refractivity contribution in [3.63, 3.8) is 0 Å². The van der Waals surface area contributed by atoms with Gasteiger partial charge in [0.15, 0.2) is 0 Å². The average molecular weight is 655 g/mol. The molecule has 0 saturated carbocycles. The maximum Gasteiger partial charge on any atom is 0.343 e. The highest BCUT2D eigenvalue weighted by molar-refractivity contribution is 5.92. The first-order chi connectivity index (χ1) is 23.5. The molecule has 262 valence electrons. The maximum absolute atomic E-state index is 12.7. The maximum atomic E-state index is 12.7. The number of benzene rings is 3. The Balaban J connectivity index is 1.25. The molecule has 4 nitrogen and oxygen atoms in total. The van der Waals surface area contributed by atoms with E-state index in [0.717, 1.165) is 24.0 Å². The van der Waals surface area contributed by atoms with Crippen LogP contribution in [-0.2, 0) is 11.2 Å². The Bertz CT molecular complexity index is 1280. The van der Waals surface area contributed by atoms with Crippen molar-refractivity contribution < 1.29 is 19.1 Å². The first kappa shape index (κ1) is 39.0. The van der Waals surface area contributed by atoms with Crippen LogP contribution in [0.25, 0.3) is 11.1 Å². The summed E-state index contributed by atoms with van der Waals surface area (Å²) in [5, 5.41) is 0. The number of esters is 2. The van der Waals surface area contributed by atoms with Crippen molar-refractivity contribution in [3.8, 4) is 16.9 Å². The predicted octanol–water partition coefficient (Wildman–Crippen LogP) is 13.0. The third-order valence-corrected chi connectivity index (χ3v) is 9.47. The highest BCUT2D eigenvalue weighted by Gasteiger charge is 2.12. The van der Waals surface area contributed by atoms with Gasteiger partial charge in [0.25, 0.3) is 0 Å². The van der Waals surface area contributed by atoms with Crippen molar-refractivity contribution >= 4 is 11.9 Å². The summed E-state index contributed by atoms with van der Waals surface area (Å²) in [5.74, 6) is -0.0914. The fourth-order valence-electron chi connectivity index (χ4n) is 5.96. The van der Waals surface area contributed by atoms with Crippen LogP contribution < -0.4 is 4.74 Å². The molecule has 3 aromatic rings. The van der Waals surface area contributed by atoms with E-state index in [1.165, 1.54) is 115 Å². The highest BCUT2D eigenvalue weighted by Crippen LogP contribution is 2.23. The molecular weight excluding hydrogens is 592 g/mol. The number of rotatable bonds is 25. The molecule has 3 rings (SSSR count). The third kappa shape index (κ3) is 15.7. The third-order valence-electron chi connectivity index (χ3n) is 9.47. The standard InChI is InChI=1S/C44H62O4/c1-4-6-7-8-9-10-11-12-13-14-15-16-17-18-19-20-21-22-37-23-25-38(26-24-37)39-27-29-41(30-28-39)44(46)48-42-33-31-40(32-34-42)43(45)47-35-36(3)5-2/h23-34,36H,4-22,35H2,1-3H3. The monoisotopic (exact) mass is 654 g/mol. The van der Waals surface area contributed by atoms with Crippen molar-refractivity contribution in [2.24, 2.45) is 5.92 Å². The Morgan fingerprint density at radius 3 is 1.42 bits per heavy atom. The van der Waals surface area contributed by atoms with Gasteiger partial charge in [-0.2, -0.15) is 0 Å². The van der Waals surface area contributed by atoms with Crippen LogP contribution in [0.1, 0.15) is 163 Å². The second kappa shape index (κ2) is 23.8. The van der Waals surface area contributed by atoms with Crippen LogP contribution in [-0.4, -0.2) is 18.5 Å². The fraction of sp³-hybridized carbons (Fsp3) is 0.545. The number of hydrogen-bond donors (Lipinski definition) is 0. The molecule has 0 amide bonds. The summed E-state index contributed by atoms with van der Waals surface area (Å²) < 4.78 is 10.9. The van der Waals surface area contributed by atoms with Crippen molar-refractivity contribution in [3.05, 3.63) is 89.5 Å². The van der Waals surface area contributed by atoms with E-state index in [-0.39, 0.29) is 5.97 Å². The van der Waals surface area contributed by atoms with E-state index < -0.39 is 5.97 Å². The Morgan fingerprint density at radius 1 is 0.521 bits per heavy atom. The van der Waals surface area contributed by atoms with Gasteiger partial charge in [-0.25, -0.2) is 9.59 Å². The normalized spacial score (nSPS) is 11.7. The molecule has 4 heteroatoms. The summed E-state index contributed by atoms with van der Waals surface area (Å²) in [5.41, 5.74) is 4.50. The summed E-state index contributed by atoms with van der Waals surface area (Å²) in [4.78, 5) is 24.9. The van der Waals surface area contributed by atoms with Crippen molar-refractivity contribution in [1.29, 1.82) is 0 Å². The molecule has 0 fully saturated rings. The van der Waals surface area contributed by atoms with E-state index >= 15 is 0 Å². The lowest BCUT2D eigenvalue weighted by atomic mass is 10.00. The number of ether oxygens (including phenoxy) is 2. The van der Waals surface area contributed by atoms with Gasteiger partial charge < -0.3 is 9.47 Å². The first-order valence-corrected chi connectivity index (χ1v) is 19.2. The molecule has 0 bridgehead atoms. The molecule has 0 heterocycles. The Morgan fingerprint density at radius 2 is 0.938 bits per heavy atom. The van der Waals surface area contributed by atoms with Gasteiger partial charge in [-0.05, 0) is 71.8 Å². The lowest BCUT2D eigenvalue weighted by molar-refractivity contribution is 0.0447. The van der Waals surface area contributed by atoms with E-state index in [2.05, 4.69) is 38.1 Å². The summed E-state index contributed by atoms with van der Waals surface area (Å²) in [6.07, 6.45) is 25.9. The van der Waals surface area contributed by atoms with Crippen molar-refractivity contribution in [1.82, 2.24) is 0 Å². The number of aryl methyl sites for hydroxylation is 1. The quantitative estimate of drug-likeness (QED) is 0.0518. The largest absolute Gasteiger partial charge is 0.462 e. The molecule has 3 aromatic carbocycles. The van der Waals surface area contributed by atoms with Gasteiger partial charge in [0.05, 0.1) is 17.7 Å². The zero-order valence-corrected chi connectivity index (χ0v) is 30.3. The zero-order valence-electron chi connectivity index (χ0n) is 30.3. The molecule has 48 heavy (non-hydrogen) atoms. The first-order valence-electron chi connectivity index (χ1n) is 19.2. The van der Waals surface area contributed by atoms with Crippen molar-refractivity contribution in [2.45, 2.75) is 143 Å². The molecule has 0 saturated heterocycles. The van der Waals surface area contributed by atoms with Crippen LogP contribution in [0.15, 0.2) is 72.8 Å². The summed E-state index contributed by atoms with van der Waals surface area (Å²) in [7, 11) is 0. The van der Waals surface area contributed by atoms with Gasteiger partial charge in [-0.15, -0.1) is 0 Å². The van der Waals surface area contributed by atoms with Crippen LogP contribution >= 0.6 is 0 Å². The molecule has 0 spiro atoms. The molecule has 0 aliphatic heterocycles. The highest BCUT2D eigenvalue weighted by atomic mass is 16.5. The lowest BCUT2D eigenvalue weighted by Crippen LogP contribution is -2.12. The summed E-state index contributed by atoms with van der Waals surface area (Å²) in [6.45, 7) is 6.79. The second-order valence-electron chi connectivity index (χ2n) is 13.7. The summed E-state index contributed by atoms with van der Waals surface area (Å²) in [6, 6.07) is 22.8. The van der Waals surface area contributed by atoms with Gasteiger partial charge in [0.1, 0.15) is 5.75 Å². The molecule has 1 unspecified atom stereocenters. The summed E-state index contributed by atoms with van der Waals surface area (Å²) >= 11 is 0. The van der Waals surface area contributed by atoms with Gasteiger partial charge in [-0.3, -0.25) is 0 Å². The minimum Gasteiger partial charge on any atom is -0.462 e. The van der Waals surface area contributed by atoms with E-state index in [4.69, 9.17) is 9.47 Å². The van der Waals surface area contributed by atoms with Gasteiger partial charge in [-0.1, -0.05) is 166 Å². The van der Waals surface area contributed by atoms with Crippen LogP contribution in [0.3, 0.4) is 0 Å². The molecule has 0 radical (unpaired) electrons. The Labute approximate surface area is 292 Å². The minimum absolute atomic E-state index is 0.322. The van der Waals surface area contributed by atoms with Crippen LogP contribution in [0.4, 0.5) is 0 Å². The predicted molar refractivity (Wildman–Crippen MR) is 201 cm³/mol. The van der Waals surface area contributed by atoms with Gasteiger partial charge in [0, 0.05) is 0 Å². The SMILES string of the molecule is CCCCCCCCCCCCCCCCCCCc1ccc(-c2ccc(C(=O)Oc3ccc(C(=O)OCC(C)CC)cc3)cc2)cc1. The lowest BCUT2D eigenvalue weighted by Gasteiger charge is -2.10. The smallest absolute Gasteiger partial charge is 0.343 e. The van der Waals surface area contributed by atoms with E-state index in [9.17, 15) is 9.59 Å². The van der Waals surface area contributed by atoms with Crippen LogP contribution in [0.2, 0.25) is 0 Å². The molecule has 0 aliphatic carbocycles. The minimum atomic E-state index is -0.432.